The van der Waals surface area contributed by atoms with Crippen molar-refractivity contribution in [1.29, 1.82) is 0 Å². The van der Waals surface area contributed by atoms with Gasteiger partial charge in [0.25, 0.3) is 0 Å². The SMILES string of the molecule is FC(F)(F)c1cc(/C=C/c2noc(CCl)n2)cc(C(F)(F)F)c1. The first-order valence-corrected chi connectivity index (χ1v) is 6.49. The van der Waals surface area contributed by atoms with Crippen molar-refractivity contribution in [2.75, 3.05) is 0 Å². The molecule has 0 aliphatic heterocycles. The molecule has 2 rings (SSSR count). The Balaban J connectivity index is 2.40. The van der Waals surface area contributed by atoms with E-state index in [1.807, 2.05) is 0 Å². The number of alkyl halides is 7. The summed E-state index contributed by atoms with van der Waals surface area (Å²) in [5.41, 5.74) is -3.10. The molecular formula is C13H7ClF6N2O. The zero-order valence-electron chi connectivity index (χ0n) is 11.0. The first kappa shape index (κ1) is 17.3. The molecule has 1 aromatic carbocycles. The molecule has 0 aliphatic rings. The summed E-state index contributed by atoms with van der Waals surface area (Å²) in [6.45, 7) is 0. The fourth-order valence-electron chi connectivity index (χ4n) is 1.64. The molecule has 2 aromatic rings. The van der Waals surface area contributed by atoms with Crippen LogP contribution in [0.15, 0.2) is 22.7 Å². The molecular weight excluding hydrogens is 350 g/mol. The maximum atomic E-state index is 12.7. The second kappa shape index (κ2) is 6.23. The van der Waals surface area contributed by atoms with Crippen LogP contribution in [0.4, 0.5) is 26.3 Å². The smallest absolute Gasteiger partial charge is 0.338 e. The zero-order chi connectivity index (χ0) is 17.3. The van der Waals surface area contributed by atoms with Crippen LogP contribution in [-0.2, 0) is 18.2 Å². The van der Waals surface area contributed by atoms with Gasteiger partial charge in [0.1, 0.15) is 5.88 Å². The van der Waals surface area contributed by atoms with Crippen LogP contribution in [0.1, 0.15) is 28.4 Å². The molecule has 0 saturated heterocycles. The fourth-order valence-corrected chi connectivity index (χ4v) is 1.74. The summed E-state index contributed by atoms with van der Waals surface area (Å²) < 4.78 is 80.9. The van der Waals surface area contributed by atoms with E-state index < -0.39 is 23.5 Å². The monoisotopic (exact) mass is 356 g/mol. The molecule has 0 amide bonds. The Labute approximate surface area is 130 Å². The van der Waals surface area contributed by atoms with Crippen LogP contribution in [0.5, 0.6) is 0 Å². The van der Waals surface area contributed by atoms with Crippen molar-refractivity contribution in [3.8, 4) is 0 Å². The lowest BCUT2D eigenvalue weighted by atomic mass is 10.0. The highest BCUT2D eigenvalue weighted by atomic mass is 35.5. The van der Waals surface area contributed by atoms with Gasteiger partial charge in [0.2, 0.25) is 5.89 Å². The summed E-state index contributed by atoms with van der Waals surface area (Å²) >= 11 is 5.43. The maximum Gasteiger partial charge on any atom is 0.416 e. The number of hydrogen-bond donors (Lipinski definition) is 0. The van der Waals surface area contributed by atoms with E-state index in [0.29, 0.717) is 12.1 Å². The van der Waals surface area contributed by atoms with Crippen LogP contribution in [0.2, 0.25) is 0 Å². The summed E-state index contributed by atoms with van der Waals surface area (Å²) in [5, 5.41) is 3.44. The van der Waals surface area contributed by atoms with Gasteiger partial charge in [-0.1, -0.05) is 11.2 Å². The minimum absolute atomic E-state index is 0.0216. The van der Waals surface area contributed by atoms with E-state index >= 15 is 0 Å². The summed E-state index contributed by atoms with van der Waals surface area (Å²) in [7, 11) is 0. The average Bonchev–Trinajstić information content (AvgIpc) is 2.91. The van der Waals surface area contributed by atoms with Gasteiger partial charge in [0.15, 0.2) is 5.82 Å². The van der Waals surface area contributed by atoms with Crippen molar-refractivity contribution >= 4 is 23.8 Å². The van der Waals surface area contributed by atoms with Crippen molar-refractivity contribution in [2.45, 2.75) is 18.2 Å². The number of halogens is 7. The first-order valence-electron chi connectivity index (χ1n) is 5.95. The molecule has 10 heteroatoms. The Bertz CT molecular complexity index is 688. The summed E-state index contributed by atoms with van der Waals surface area (Å²) in [4.78, 5) is 3.75. The zero-order valence-corrected chi connectivity index (χ0v) is 11.8. The van der Waals surface area contributed by atoms with Gasteiger partial charge in [-0.3, -0.25) is 0 Å². The molecule has 0 bridgehead atoms. The lowest BCUT2D eigenvalue weighted by Crippen LogP contribution is -2.11. The highest BCUT2D eigenvalue weighted by Gasteiger charge is 2.36. The van der Waals surface area contributed by atoms with Crippen LogP contribution in [0.3, 0.4) is 0 Å². The van der Waals surface area contributed by atoms with E-state index in [2.05, 4.69) is 14.7 Å². The van der Waals surface area contributed by atoms with E-state index in [0.717, 1.165) is 12.2 Å². The van der Waals surface area contributed by atoms with Crippen molar-refractivity contribution in [2.24, 2.45) is 0 Å². The molecule has 0 radical (unpaired) electrons. The van der Waals surface area contributed by atoms with Crippen molar-refractivity contribution < 1.29 is 30.9 Å². The van der Waals surface area contributed by atoms with Gasteiger partial charge in [-0.25, -0.2) is 0 Å². The van der Waals surface area contributed by atoms with Gasteiger partial charge >= 0.3 is 12.4 Å². The summed E-state index contributed by atoms with van der Waals surface area (Å²) in [6.07, 6.45) is -7.66. The third-order valence-corrected chi connectivity index (χ3v) is 2.86. The summed E-state index contributed by atoms with van der Waals surface area (Å²) in [5.74, 6) is -0.0132. The topological polar surface area (TPSA) is 38.9 Å². The Morgan fingerprint density at radius 1 is 0.957 bits per heavy atom. The molecule has 124 valence electrons. The molecule has 0 spiro atoms. The third kappa shape index (κ3) is 4.47. The third-order valence-electron chi connectivity index (χ3n) is 2.63. The average molecular weight is 357 g/mol. The lowest BCUT2D eigenvalue weighted by molar-refractivity contribution is -0.143. The van der Waals surface area contributed by atoms with Gasteiger partial charge in [-0.05, 0) is 29.8 Å². The Morgan fingerprint density at radius 3 is 1.96 bits per heavy atom. The van der Waals surface area contributed by atoms with Gasteiger partial charge in [0, 0.05) is 0 Å². The minimum Gasteiger partial charge on any atom is -0.338 e. The van der Waals surface area contributed by atoms with Crippen LogP contribution in [0, 0.1) is 0 Å². The highest BCUT2D eigenvalue weighted by molar-refractivity contribution is 6.16. The molecule has 23 heavy (non-hydrogen) atoms. The van der Waals surface area contributed by atoms with Crippen molar-refractivity contribution in [1.82, 2.24) is 10.1 Å². The van der Waals surface area contributed by atoms with E-state index in [4.69, 9.17) is 11.6 Å². The fraction of sp³-hybridized carbons (Fsp3) is 0.231. The predicted octanol–water partition coefficient (Wildman–Crippen LogP) is 5.02. The maximum absolute atomic E-state index is 12.7. The summed E-state index contributed by atoms with van der Waals surface area (Å²) in [6, 6.07) is 1.24. The molecule has 1 aromatic heterocycles. The number of hydrogen-bond acceptors (Lipinski definition) is 3. The van der Waals surface area contributed by atoms with Crippen LogP contribution in [0.25, 0.3) is 12.2 Å². The molecule has 1 heterocycles. The van der Waals surface area contributed by atoms with E-state index in [1.165, 1.54) is 0 Å². The van der Waals surface area contributed by atoms with E-state index in [9.17, 15) is 26.3 Å². The van der Waals surface area contributed by atoms with Crippen LogP contribution >= 0.6 is 11.6 Å². The minimum atomic E-state index is -4.90. The number of nitrogens with zero attached hydrogens (tertiary/aromatic N) is 2. The molecule has 0 atom stereocenters. The largest absolute Gasteiger partial charge is 0.416 e. The Hall–Kier alpha value is -2.03. The number of rotatable bonds is 3. The number of benzene rings is 1. The van der Waals surface area contributed by atoms with E-state index in [-0.39, 0.29) is 29.2 Å². The molecule has 0 fully saturated rings. The Kier molecular flexibility index (Phi) is 4.69. The molecule has 3 nitrogen and oxygen atoms in total. The van der Waals surface area contributed by atoms with Crippen molar-refractivity contribution in [3.63, 3.8) is 0 Å². The Morgan fingerprint density at radius 2 is 1.52 bits per heavy atom. The standard InChI is InChI=1S/C13H7ClF6N2O/c14-6-11-21-10(22-23-11)2-1-7-3-8(12(15,16)17)5-9(4-7)13(18,19)20/h1-5H,6H2/b2-1+. The van der Waals surface area contributed by atoms with E-state index in [1.54, 1.807) is 0 Å². The van der Waals surface area contributed by atoms with Gasteiger partial charge < -0.3 is 4.52 Å². The molecule has 0 aliphatic carbocycles. The number of aromatic nitrogens is 2. The highest BCUT2D eigenvalue weighted by Crippen LogP contribution is 2.36. The second-order valence-corrected chi connectivity index (χ2v) is 4.62. The molecule has 0 N–H and O–H groups in total. The predicted molar refractivity (Wildman–Crippen MR) is 69.2 cm³/mol. The quantitative estimate of drug-likeness (QED) is 0.573. The van der Waals surface area contributed by atoms with Gasteiger partial charge in [-0.2, -0.15) is 31.3 Å². The molecule has 0 saturated carbocycles. The van der Waals surface area contributed by atoms with Gasteiger partial charge in [-0.15, -0.1) is 11.6 Å². The second-order valence-electron chi connectivity index (χ2n) is 4.35. The normalized spacial score (nSPS) is 13.0. The van der Waals surface area contributed by atoms with Crippen LogP contribution < -0.4 is 0 Å². The van der Waals surface area contributed by atoms with Gasteiger partial charge in [0.05, 0.1) is 11.1 Å². The first-order chi connectivity index (χ1) is 10.6. The van der Waals surface area contributed by atoms with Crippen LogP contribution in [-0.4, -0.2) is 10.1 Å². The lowest BCUT2D eigenvalue weighted by Gasteiger charge is -2.12. The molecule has 0 unspecified atom stereocenters. The van der Waals surface area contributed by atoms with Crippen molar-refractivity contribution in [3.05, 3.63) is 46.6 Å².